The van der Waals surface area contributed by atoms with Crippen molar-refractivity contribution in [2.45, 2.75) is 59.3 Å². The van der Waals surface area contributed by atoms with Gasteiger partial charge < -0.3 is 0 Å². The summed E-state index contributed by atoms with van der Waals surface area (Å²) in [6.45, 7) is 6.39. The highest BCUT2D eigenvalue weighted by Gasteiger charge is 2.60. The second-order valence-electron chi connectivity index (χ2n) is 8.97. The lowest BCUT2D eigenvalue weighted by molar-refractivity contribution is -0.127. The number of hydrogen-bond acceptors (Lipinski definition) is 2. The van der Waals surface area contributed by atoms with Crippen molar-refractivity contribution in [1.82, 2.24) is 0 Å². The van der Waals surface area contributed by atoms with Gasteiger partial charge in [-0.2, -0.15) is 0 Å². The van der Waals surface area contributed by atoms with E-state index in [2.05, 4.69) is 13.8 Å². The van der Waals surface area contributed by atoms with Crippen LogP contribution in [0.3, 0.4) is 0 Å². The van der Waals surface area contributed by atoms with E-state index in [0.29, 0.717) is 23.5 Å². The van der Waals surface area contributed by atoms with Crippen LogP contribution < -0.4 is 0 Å². The topological polar surface area (TPSA) is 34.1 Å². The second kappa shape index (κ2) is 5.30. The zero-order chi connectivity index (χ0) is 17.3. The maximum atomic E-state index is 12.2. The molecule has 0 aromatic carbocycles. The number of rotatable bonds is 1. The molecule has 0 bridgehead atoms. The molecule has 0 saturated heterocycles. The Morgan fingerprint density at radius 3 is 2.58 bits per heavy atom. The minimum atomic E-state index is -0.159. The molecule has 24 heavy (non-hydrogen) atoms. The molecule has 0 unspecified atom stereocenters. The van der Waals surface area contributed by atoms with Gasteiger partial charge in [0.2, 0.25) is 0 Å². The Morgan fingerprint density at radius 2 is 1.88 bits per heavy atom. The van der Waals surface area contributed by atoms with Gasteiger partial charge in [0.25, 0.3) is 0 Å². The summed E-state index contributed by atoms with van der Waals surface area (Å²) >= 11 is 6.65. The second-order valence-corrected chi connectivity index (χ2v) is 9.37. The first-order chi connectivity index (χ1) is 11.3. The fraction of sp³-hybridized carbons (Fsp3) is 0.714. The maximum Gasteiger partial charge on any atom is 0.179 e. The Morgan fingerprint density at radius 1 is 1.12 bits per heavy atom. The average molecular weight is 347 g/mol. The van der Waals surface area contributed by atoms with Crippen LogP contribution in [-0.4, -0.2) is 11.6 Å². The van der Waals surface area contributed by atoms with Gasteiger partial charge in [0, 0.05) is 22.4 Å². The Kier molecular flexibility index (Phi) is 3.66. The maximum absolute atomic E-state index is 12.2. The normalized spacial score (nSPS) is 47.2. The molecule has 0 aromatic heterocycles. The van der Waals surface area contributed by atoms with Crippen LogP contribution >= 0.6 is 11.6 Å². The van der Waals surface area contributed by atoms with Crippen molar-refractivity contribution in [3.8, 4) is 0 Å². The molecule has 6 atom stereocenters. The predicted octanol–water partition coefficient (Wildman–Crippen LogP) is 5.07. The fourth-order valence-corrected chi connectivity index (χ4v) is 7.30. The van der Waals surface area contributed by atoms with E-state index < -0.39 is 0 Å². The molecule has 0 aliphatic heterocycles. The van der Waals surface area contributed by atoms with Crippen LogP contribution in [0.1, 0.15) is 59.3 Å². The van der Waals surface area contributed by atoms with Crippen molar-refractivity contribution in [2.75, 3.05) is 0 Å². The van der Waals surface area contributed by atoms with Gasteiger partial charge in [-0.25, -0.2) is 0 Å². The lowest BCUT2D eigenvalue weighted by Crippen LogP contribution is -2.51. The van der Waals surface area contributed by atoms with Crippen LogP contribution in [0.5, 0.6) is 0 Å². The molecule has 4 aliphatic carbocycles. The Hall–Kier alpha value is -0.890. The molecule has 0 heterocycles. The average Bonchev–Trinajstić information content (AvgIpc) is 2.86. The number of fused-ring (bicyclic) bond motifs is 5. The van der Waals surface area contributed by atoms with Crippen LogP contribution in [0.15, 0.2) is 22.8 Å². The molecule has 3 saturated carbocycles. The standard InChI is InChI=1S/C21H27ClO2/c1-12(23)16-6-7-17-15-5-4-13-10-14(24)11-19(22)21(13,3)18(15)8-9-20(16,17)2/h10-11,15-18H,4-9H2,1-3H3/t15-,16+,17-,18-,20+,21-/m0/s1. The summed E-state index contributed by atoms with van der Waals surface area (Å²) in [5, 5.41) is 0.740. The zero-order valence-corrected chi connectivity index (χ0v) is 15.7. The van der Waals surface area contributed by atoms with Gasteiger partial charge in [0.05, 0.1) is 0 Å². The smallest absolute Gasteiger partial charge is 0.179 e. The molecule has 0 amide bonds. The first-order valence-corrected chi connectivity index (χ1v) is 9.79. The van der Waals surface area contributed by atoms with Crippen LogP contribution in [0, 0.1) is 34.5 Å². The van der Waals surface area contributed by atoms with Gasteiger partial charge in [-0.3, -0.25) is 9.59 Å². The van der Waals surface area contributed by atoms with Crippen molar-refractivity contribution < 1.29 is 9.59 Å². The van der Waals surface area contributed by atoms with E-state index >= 15 is 0 Å². The van der Waals surface area contributed by atoms with Gasteiger partial charge in [-0.15, -0.1) is 0 Å². The van der Waals surface area contributed by atoms with Crippen LogP contribution in [0.4, 0.5) is 0 Å². The van der Waals surface area contributed by atoms with E-state index in [1.165, 1.54) is 12.0 Å². The monoisotopic (exact) mass is 346 g/mol. The molecular weight excluding hydrogens is 320 g/mol. The van der Waals surface area contributed by atoms with Crippen LogP contribution in [0.2, 0.25) is 0 Å². The first kappa shape index (κ1) is 16.6. The van der Waals surface area contributed by atoms with Gasteiger partial charge in [0.15, 0.2) is 5.78 Å². The summed E-state index contributed by atoms with van der Waals surface area (Å²) < 4.78 is 0. The first-order valence-electron chi connectivity index (χ1n) is 9.41. The molecule has 4 rings (SSSR count). The summed E-state index contributed by atoms with van der Waals surface area (Å²) in [4.78, 5) is 24.1. The summed E-state index contributed by atoms with van der Waals surface area (Å²) in [7, 11) is 0. The molecule has 0 radical (unpaired) electrons. The minimum absolute atomic E-state index is 0.0454. The lowest BCUT2D eigenvalue weighted by Gasteiger charge is -2.57. The molecule has 0 aromatic rings. The zero-order valence-electron chi connectivity index (χ0n) is 14.9. The SMILES string of the molecule is CC(=O)[C@H]1CC[C@H]2[C@@H]3CCC4=CC(=O)C=C(Cl)[C@]4(C)[C@H]3CC[C@]12C. The van der Waals surface area contributed by atoms with Gasteiger partial charge in [-0.1, -0.05) is 31.0 Å². The number of ketones is 2. The fourth-order valence-electron chi connectivity index (χ4n) is 6.94. The highest BCUT2D eigenvalue weighted by atomic mass is 35.5. The summed E-state index contributed by atoms with van der Waals surface area (Å²) in [5.41, 5.74) is 1.25. The van der Waals surface area contributed by atoms with Crippen molar-refractivity contribution >= 4 is 23.2 Å². The Labute approximate surface area is 149 Å². The molecule has 0 N–H and O–H groups in total. The molecule has 3 fully saturated rings. The molecule has 130 valence electrons. The molecule has 0 spiro atoms. The number of allylic oxidation sites excluding steroid dienone is 4. The van der Waals surface area contributed by atoms with E-state index in [1.54, 1.807) is 13.0 Å². The summed E-state index contributed by atoms with van der Waals surface area (Å²) in [6.07, 6.45) is 10.1. The van der Waals surface area contributed by atoms with Gasteiger partial charge in [0.1, 0.15) is 5.78 Å². The van der Waals surface area contributed by atoms with Crippen LogP contribution in [0.25, 0.3) is 0 Å². The van der Waals surface area contributed by atoms with Gasteiger partial charge >= 0.3 is 0 Å². The predicted molar refractivity (Wildman–Crippen MR) is 95.6 cm³/mol. The van der Waals surface area contributed by atoms with E-state index in [1.807, 2.05) is 6.08 Å². The Bertz CT molecular complexity index is 675. The van der Waals surface area contributed by atoms with Crippen molar-refractivity contribution in [3.05, 3.63) is 22.8 Å². The van der Waals surface area contributed by atoms with Crippen molar-refractivity contribution in [2.24, 2.45) is 34.5 Å². The van der Waals surface area contributed by atoms with Gasteiger partial charge in [-0.05, 0) is 74.7 Å². The van der Waals surface area contributed by atoms with E-state index in [-0.39, 0.29) is 22.5 Å². The summed E-state index contributed by atoms with van der Waals surface area (Å²) in [5.74, 6) is 2.44. The largest absolute Gasteiger partial charge is 0.300 e. The number of carbonyl (C=O) groups is 2. The van der Waals surface area contributed by atoms with E-state index in [4.69, 9.17) is 11.6 Å². The van der Waals surface area contributed by atoms with Crippen molar-refractivity contribution in [1.29, 1.82) is 0 Å². The third-order valence-corrected chi connectivity index (χ3v) is 8.67. The highest BCUT2D eigenvalue weighted by molar-refractivity contribution is 6.33. The quantitative estimate of drug-likeness (QED) is 0.664. The molecule has 3 heteroatoms. The Balaban J connectivity index is 1.71. The summed E-state index contributed by atoms with van der Waals surface area (Å²) in [6, 6.07) is 0. The molecular formula is C21H27ClO2. The highest BCUT2D eigenvalue weighted by Crippen LogP contribution is 2.67. The third-order valence-electron chi connectivity index (χ3n) is 8.17. The number of hydrogen-bond donors (Lipinski definition) is 0. The number of Topliss-reactive ketones (excluding diaryl/α,β-unsaturated/α-hetero) is 1. The molecule has 2 nitrogen and oxygen atoms in total. The van der Waals surface area contributed by atoms with Crippen molar-refractivity contribution in [3.63, 3.8) is 0 Å². The van der Waals surface area contributed by atoms with E-state index in [0.717, 1.165) is 37.1 Å². The number of carbonyl (C=O) groups excluding carboxylic acids is 2. The molecule has 4 aliphatic rings. The minimum Gasteiger partial charge on any atom is -0.300 e. The van der Waals surface area contributed by atoms with E-state index in [9.17, 15) is 9.59 Å². The third kappa shape index (κ3) is 2.01. The number of halogens is 1. The van der Waals surface area contributed by atoms with Crippen LogP contribution in [-0.2, 0) is 9.59 Å². The lowest BCUT2D eigenvalue weighted by atomic mass is 9.47.